The second-order valence-electron chi connectivity index (χ2n) is 11.3. The lowest BCUT2D eigenvalue weighted by molar-refractivity contribution is -0.313. The van der Waals surface area contributed by atoms with Crippen LogP contribution in [-0.2, 0) is 13.9 Å². The third-order valence-electron chi connectivity index (χ3n) is 7.03. The van der Waals surface area contributed by atoms with Crippen LogP contribution in [0, 0.1) is 11.8 Å². The topological polar surface area (TPSA) is 27.7 Å². The maximum Gasteiger partial charge on any atom is 0.261 e. The van der Waals surface area contributed by atoms with Crippen LogP contribution < -0.4 is 10.4 Å². The standard InChI is InChI=1S/C30H44O3Si/c1-9-16-23(2)27-21-28(33-30(7,8)32-27)24(3)22-31-34(29(4,5)6,25-17-12-10-13-18-25)26-19-14-11-15-20-26/h9-20,23-24,27-28H,21-22H2,1-8H3/b16-9+/t23-,24-,27-,28+/m0/s1. The molecule has 1 aliphatic rings. The van der Waals surface area contributed by atoms with E-state index >= 15 is 0 Å². The van der Waals surface area contributed by atoms with Crippen LogP contribution in [0.1, 0.15) is 61.8 Å². The fourth-order valence-corrected chi connectivity index (χ4v) is 9.97. The molecule has 1 saturated heterocycles. The molecule has 1 heterocycles. The molecule has 0 aliphatic carbocycles. The Morgan fingerprint density at radius 1 is 0.941 bits per heavy atom. The Labute approximate surface area is 208 Å². The third-order valence-corrected chi connectivity index (χ3v) is 12.0. The summed E-state index contributed by atoms with van der Waals surface area (Å²) in [6.45, 7) is 18.3. The average Bonchev–Trinajstić information content (AvgIpc) is 2.79. The van der Waals surface area contributed by atoms with E-state index in [0.717, 1.165) is 6.42 Å². The zero-order chi connectivity index (χ0) is 25.0. The van der Waals surface area contributed by atoms with Gasteiger partial charge in [0.1, 0.15) is 0 Å². The molecule has 2 aromatic rings. The molecule has 3 nitrogen and oxygen atoms in total. The smallest absolute Gasteiger partial charge is 0.261 e. The van der Waals surface area contributed by atoms with Crippen LogP contribution >= 0.6 is 0 Å². The molecule has 1 fully saturated rings. The summed E-state index contributed by atoms with van der Waals surface area (Å²) in [5, 5.41) is 2.59. The molecule has 4 atom stereocenters. The van der Waals surface area contributed by atoms with Crippen LogP contribution in [0.2, 0.25) is 5.04 Å². The first-order chi connectivity index (χ1) is 16.0. The molecule has 0 spiro atoms. The molecule has 186 valence electrons. The second kappa shape index (κ2) is 10.9. The molecule has 4 heteroatoms. The minimum Gasteiger partial charge on any atom is -0.407 e. The van der Waals surface area contributed by atoms with E-state index in [-0.39, 0.29) is 23.2 Å². The summed E-state index contributed by atoms with van der Waals surface area (Å²) in [6.07, 6.45) is 5.44. The lowest BCUT2D eigenvalue weighted by Crippen LogP contribution is -2.67. The molecule has 0 unspecified atom stereocenters. The average molecular weight is 481 g/mol. The highest BCUT2D eigenvalue weighted by molar-refractivity contribution is 6.99. The monoisotopic (exact) mass is 480 g/mol. The molecule has 2 aromatic carbocycles. The van der Waals surface area contributed by atoms with Crippen LogP contribution in [0.3, 0.4) is 0 Å². The minimum atomic E-state index is -2.56. The Morgan fingerprint density at radius 2 is 1.44 bits per heavy atom. The first-order valence-corrected chi connectivity index (χ1v) is 14.6. The van der Waals surface area contributed by atoms with Crippen molar-refractivity contribution in [3.8, 4) is 0 Å². The van der Waals surface area contributed by atoms with Crippen LogP contribution in [-0.4, -0.2) is 32.9 Å². The molecular weight excluding hydrogens is 436 g/mol. The molecule has 3 rings (SSSR count). The zero-order valence-electron chi connectivity index (χ0n) is 22.4. The van der Waals surface area contributed by atoms with Gasteiger partial charge in [0.05, 0.1) is 12.2 Å². The van der Waals surface area contributed by atoms with E-state index in [2.05, 4.69) is 114 Å². The molecule has 34 heavy (non-hydrogen) atoms. The summed E-state index contributed by atoms with van der Waals surface area (Å²) in [5.74, 6) is -0.0136. The van der Waals surface area contributed by atoms with E-state index in [4.69, 9.17) is 13.9 Å². The Hall–Kier alpha value is -1.72. The summed E-state index contributed by atoms with van der Waals surface area (Å²) in [5.41, 5.74) is 0. The van der Waals surface area contributed by atoms with Gasteiger partial charge in [-0.25, -0.2) is 0 Å². The maximum absolute atomic E-state index is 7.20. The lowest BCUT2D eigenvalue weighted by Gasteiger charge is -2.46. The normalized spacial score (nSPS) is 23.1. The number of ether oxygens (including phenoxy) is 2. The fourth-order valence-electron chi connectivity index (χ4n) is 5.31. The van der Waals surface area contributed by atoms with Crippen LogP contribution in [0.5, 0.6) is 0 Å². The molecular formula is C30H44O3Si. The Kier molecular flexibility index (Phi) is 8.62. The molecule has 0 bridgehead atoms. The molecule has 0 aromatic heterocycles. The van der Waals surface area contributed by atoms with Crippen molar-refractivity contribution < 1.29 is 13.9 Å². The van der Waals surface area contributed by atoms with Crippen molar-refractivity contribution in [2.45, 2.75) is 84.8 Å². The van der Waals surface area contributed by atoms with Gasteiger partial charge in [0, 0.05) is 24.9 Å². The number of rotatable bonds is 8. The van der Waals surface area contributed by atoms with Gasteiger partial charge in [-0.05, 0) is 36.2 Å². The molecule has 0 saturated carbocycles. The maximum atomic E-state index is 7.20. The minimum absolute atomic E-state index is 0.0335. The SMILES string of the molecule is C/C=C/[C@H](C)[C@@H]1C[C@H]([C@@H](C)CO[Si](c2ccccc2)(c2ccccc2)C(C)(C)C)OC(C)(C)O1. The Morgan fingerprint density at radius 3 is 1.91 bits per heavy atom. The highest BCUT2D eigenvalue weighted by atomic mass is 28.4. The van der Waals surface area contributed by atoms with Crippen molar-refractivity contribution in [3.05, 3.63) is 72.8 Å². The van der Waals surface area contributed by atoms with Gasteiger partial charge in [-0.3, -0.25) is 0 Å². The van der Waals surface area contributed by atoms with Crippen molar-refractivity contribution in [1.82, 2.24) is 0 Å². The summed E-state index contributed by atoms with van der Waals surface area (Å²) in [4.78, 5) is 0. The lowest BCUT2D eigenvalue weighted by atomic mass is 9.91. The van der Waals surface area contributed by atoms with Crippen molar-refractivity contribution in [1.29, 1.82) is 0 Å². The third kappa shape index (κ3) is 5.91. The first kappa shape index (κ1) is 26.9. The van der Waals surface area contributed by atoms with Gasteiger partial charge in [-0.1, -0.05) is 107 Å². The summed E-state index contributed by atoms with van der Waals surface area (Å²) in [6, 6.07) is 21.7. The largest absolute Gasteiger partial charge is 0.407 e. The van der Waals surface area contributed by atoms with Gasteiger partial charge in [0.15, 0.2) is 5.79 Å². The van der Waals surface area contributed by atoms with E-state index in [9.17, 15) is 0 Å². The van der Waals surface area contributed by atoms with Crippen LogP contribution in [0.15, 0.2) is 72.8 Å². The van der Waals surface area contributed by atoms with Gasteiger partial charge in [-0.2, -0.15) is 0 Å². The number of hydrogen-bond acceptors (Lipinski definition) is 3. The van der Waals surface area contributed by atoms with Gasteiger partial charge in [-0.15, -0.1) is 0 Å². The van der Waals surface area contributed by atoms with E-state index < -0.39 is 14.1 Å². The van der Waals surface area contributed by atoms with Crippen molar-refractivity contribution in [2.75, 3.05) is 6.61 Å². The quantitative estimate of drug-likeness (QED) is 0.327. The zero-order valence-corrected chi connectivity index (χ0v) is 23.4. The molecule has 0 N–H and O–H groups in total. The van der Waals surface area contributed by atoms with Crippen LogP contribution in [0.4, 0.5) is 0 Å². The number of benzene rings is 2. The van der Waals surface area contributed by atoms with Gasteiger partial charge < -0.3 is 13.9 Å². The molecule has 0 radical (unpaired) electrons. The first-order valence-electron chi connectivity index (χ1n) is 12.7. The van der Waals surface area contributed by atoms with Gasteiger partial charge in [0.2, 0.25) is 0 Å². The Balaban J connectivity index is 1.91. The van der Waals surface area contributed by atoms with Gasteiger partial charge >= 0.3 is 0 Å². The van der Waals surface area contributed by atoms with E-state index in [1.54, 1.807) is 0 Å². The highest BCUT2D eigenvalue weighted by Crippen LogP contribution is 2.38. The molecule has 0 amide bonds. The number of hydrogen-bond donors (Lipinski definition) is 0. The fraction of sp³-hybridized carbons (Fsp3) is 0.533. The van der Waals surface area contributed by atoms with Crippen molar-refractivity contribution in [3.63, 3.8) is 0 Å². The summed E-state index contributed by atoms with van der Waals surface area (Å²) < 4.78 is 19.9. The Bertz CT molecular complexity index is 878. The number of allylic oxidation sites excluding steroid dienone is 1. The molecule has 1 aliphatic heterocycles. The van der Waals surface area contributed by atoms with Crippen LogP contribution in [0.25, 0.3) is 0 Å². The predicted octanol–water partition coefficient (Wildman–Crippen LogP) is 6.32. The highest BCUT2D eigenvalue weighted by Gasteiger charge is 2.50. The van der Waals surface area contributed by atoms with Gasteiger partial charge in [0.25, 0.3) is 8.32 Å². The van der Waals surface area contributed by atoms with E-state index in [0.29, 0.717) is 12.5 Å². The summed E-state index contributed by atoms with van der Waals surface area (Å²) in [7, 11) is -2.56. The van der Waals surface area contributed by atoms with E-state index in [1.165, 1.54) is 10.4 Å². The second-order valence-corrected chi connectivity index (χ2v) is 15.6. The summed E-state index contributed by atoms with van der Waals surface area (Å²) >= 11 is 0. The van der Waals surface area contributed by atoms with Crippen molar-refractivity contribution >= 4 is 18.7 Å². The van der Waals surface area contributed by atoms with Crippen molar-refractivity contribution in [2.24, 2.45) is 11.8 Å². The van der Waals surface area contributed by atoms with E-state index in [1.807, 2.05) is 13.8 Å². The predicted molar refractivity (Wildman–Crippen MR) is 145 cm³/mol.